The largest absolute Gasteiger partial charge is 0.271 e. The van der Waals surface area contributed by atoms with Gasteiger partial charge in [-0.1, -0.05) is 41.9 Å². The van der Waals surface area contributed by atoms with Gasteiger partial charge in [-0.05, 0) is 23.1 Å². The molecular formula is C16H13ClFN3. The van der Waals surface area contributed by atoms with E-state index >= 15 is 0 Å². The van der Waals surface area contributed by atoms with Crippen molar-refractivity contribution in [3.8, 4) is 0 Å². The monoisotopic (exact) mass is 301 g/mol. The zero-order valence-electron chi connectivity index (χ0n) is 11.1. The van der Waals surface area contributed by atoms with Gasteiger partial charge in [-0.15, -0.1) is 0 Å². The Labute approximate surface area is 126 Å². The van der Waals surface area contributed by atoms with E-state index in [-0.39, 0.29) is 5.02 Å². The molecule has 1 unspecified atom stereocenters. The minimum Gasteiger partial charge on any atom is -0.271 e. The second-order valence-corrected chi connectivity index (χ2v) is 5.09. The van der Waals surface area contributed by atoms with Crippen molar-refractivity contribution in [1.82, 2.24) is 10.4 Å². The number of nitrogens with two attached hydrogens (primary N) is 1. The van der Waals surface area contributed by atoms with E-state index in [9.17, 15) is 4.39 Å². The van der Waals surface area contributed by atoms with Crippen LogP contribution < -0.4 is 11.3 Å². The number of rotatable bonds is 3. The maximum Gasteiger partial charge on any atom is 0.146 e. The van der Waals surface area contributed by atoms with Gasteiger partial charge in [-0.25, -0.2) is 9.82 Å². The van der Waals surface area contributed by atoms with Gasteiger partial charge in [-0.3, -0.25) is 10.8 Å². The Kier molecular flexibility index (Phi) is 3.84. The molecule has 21 heavy (non-hydrogen) atoms. The third kappa shape index (κ3) is 2.49. The predicted molar refractivity (Wildman–Crippen MR) is 82.3 cm³/mol. The molecule has 1 heterocycles. The fraction of sp³-hybridized carbons (Fsp3) is 0.0625. The predicted octanol–water partition coefficient (Wildman–Crippen LogP) is 3.58. The summed E-state index contributed by atoms with van der Waals surface area (Å²) < 4.78 is 14.3. The Morgan fingerprint density at radius 3 is 2.67 bits per heavy atom. The molecule has 0 saturated heterocycles. The van der Waals surface area contributed by atoms with Crippen LogP contribution in [0.1, 0.15) is 17.2 Å². The minimum atomic E-state index is -0.491. The number of fused-ring (bicyclic) bond motifs is 1. The molecule has 3 nitrogen and oxygen atoms in total. The molecule has 1 aromatic heterocycles. The number of hydrogen-bond donors (Lipinski definition) is 2. The molecule has 2 aromatic carbocycles. The third-order valence-corrected chi connectivity index (χ3v) is 3.78. The van der Waals surface area contributed by atoms with Crippen LogP contribution in [0.2, 0.25) is 5.02 Å². The number of nitrogens with zero attached hydrogens (tertiary/aromatic N) is 1. The Morgan fingerprint density at radius 2 is 1.86 bits per heavy atom. The van der Waals surface area contributed by atoms with Crippen LogP contribution in [0.3, 0.4) is 0 Å². The maximum absolute atomic E-state index is 14.3. The van der Waals surface area contributed by atoms with Crippen molar-refractivity contribution in [3.63, 3.8) is 0 Å². The van der Waals surface area contributed by atoms with Crippen LogP contribution >= 0.6 is 11.6 Å². The molecule has 0 aliphatic heterocycles. The van der Waals surface area contributed by atoms with Gasteiger partial charge in [0.25, 0.3) is 0 Å². The van der Waals surface area contributed by atoms with Crippen molar-refractivity contribution in [2.24, 2.45) is 5.84 Å². The SMILES string of the molecule is NNC(c1cccc(Cl)c1F)c1cccc2cnccc12. The first-order valence-electron chi connectivity index (χ1n) is 6.45. The zero-order valence-corrected chi connectivity index (χ0v) is 11.8. The Hall–Kier alpha value is -2.01. The van der Waals surface area contributed by atoms with E-state index in [2.05, 4.69) is 10.4 Å². The Morgan fingerprint density at radius 1 is 1.10 bits per heavy atom. The molecule has 3 rings (SSSR count). The highest BCUT2D eigenvalue weighted by atomic mass is 35.5. The van der Waals surface area contributed by atoms with Crippen molar-refractivity contribution in [3.05, 3.63) is 76.8 Å². The van der Waals surface area contributed by atoms with E-state index < -0.39 is 11.9 Å². The third-order valence-electron chi connectivity index (χ3n) is 3.48. The second-order valence-electron chi connectivity index (χ2n) is 4.69. The van der Waals surface area contributed by atoms with Crippen LogP contribution in [0.4, 0.5) is 4.39 Å². The van der Waals surface area contributed by atoms with Gasteiger partial charge in [0.15, 0.2) is 0 Å². The van der Waals surface area contributed by atoms with Crippen LogP contribution in [0.5, 0.6) is 0 Å². The van der Waals surface area contributed by atoms with E-state index in [4.69, 9.17) is 17.4 Å². The smallest absolute Gasteiger partial charge is 0.146 e. The van der Waals surface area contributed by atoms with Crippen molar-refractivity contribution >= 4 is 22.4 Å². The highest BCUT2D eigenvalue weighted by molar-refractivity contribution is 6.30. The fourth-order valence-electron chi connectivity index (χ4n) is 2.49. The van der Waals surface area contributed by atoms with E-state index in [1.165, 1.54) is 6.07 Å². The van der Waals surface area contributed by atoms with Gasteiger partial charge in [0.1, 0.15) is 5.82 Å². The van der Waals surface area contributed by atoms with E-state index in [0.717, 1.165) is 16.3 Å². The Bertz CT molecular complexity index is 786. The van der Waals surface area contributed by atoms with Gasteiger partial charge >= 0.3 is 0 Å². The summed E-state index contributed by atoms with van der Waals surface area (Å²) in [5, 5.41) is 2.02. The lowest BCUT2D eigenvalue weighted by molar-refractivity contribution is 0.562. The summed E-state index contributed by atoms with van der Waals surface area (Å²) >= 11 is 5.87. The van der Waals surface area contributed by atoms with E-state index in [1.54, 1.807) is 24.5 Å². The molecule has 0 amide bonds. The zero-order chi connectivity index (χ0) is 14.8. The first-order chi connectivity index (χ1) is 10.2. The average Bonchev–Trinajstić information content (AvgIpc) is 2.52. The highest BCUT2D eigenvalue weighted by Crippen LogP contribution is 2.31. The molecule has 3 N–H and O–H groups in total. The topological polar surface area (TPSA) is 50.9 Å². The lowest BCUT2D eigenvalue weighted by Crippen LogP contribution is -2.29. The van der Waals surface area contributed by atoms with E-state index in [1.807, 2.05) is 24.3 Å². The van der Waals surface area contributed by atoms with Crippen molar-refractivity contribution in [1.29, 1.82) is 0 Å². The van der Waals surface area contributed by atoms with Gasteiger partial charge in [0, 0.05) is 23.3 Å². The molecule has 0 saturated carbocycles. The summed E-state index contributed by atoms with van der Waals surface area (Å²) in [6.07, 6.45) is 3.47. The number of nitrogens with one attached hydrogen (secondary N) is 1. The molecule has 0 spiro atoms. The van der Waals surface area contributed by atoms with Crippen LogP contribution in [-0.4, -0.2) is 4.98 Å². The number of pyridine rings is 1. The van der Waals surface area contributed by atoms with Gasteiger partial charge in [0.05, 0.1) is 11.1 Å². The number of hydrogen-bond acceptors (Lipinski definition) is 3. The highest BCUT2D eigenvalue weighted by Gasteiger charge is 2.20. The fourth-order valence-corrected chi connectivity index (χ4v) is 2.67. The molecule has 0 aliphatic rings. The number of benzene rings is 2. The van der Waals surface area contributed by atoms with Crippen LogP contribution in [0, 0.1) is 5.82 Å². The second kappa shape index (κ2) is 5.77. The summed E-state index contributed by atoms with van der Waals surface area (Å²) in [5.41, 5.74) is 3.96. The van der Waals surface area contributed by atoms with E-state index in [0.29, 0.717) is 5.56 Å². The lowest BCUT2D eigenvalue weighted by Gasteiger charge is -2.19. The quantitative estimate of drug-likeness (QED) is 0.574. The molecule has 5 heteroatoms. The number of halogens is 2. The van der Waals surface area contributed by atoms with Crippen LogP contribution in [0.15, 0.2) is 54.9 Å². The van der Waals surface area contributed by atoms with Gasteiger partial charge in [0.2, 0.25) is 0 Å². The average molecular weight is 302 g/mol. The van der Waals surface area contributed by atoms with Crippen molar-refractivity contribution in [2.45, 2.75) is 6.04 Å². The molecular weight excluding hydrogens is 289 g/mol. The first-order valence-corrected chi connectivity index (χ1v) is 6.83. The van der Waals surface area contributed by atoms with Gasteiger partial charge in [-0.2, -0.15) is 0 Å². The van der Waals surface area contributed by atoms with Crippen molar-refractivity contribution < 1.29 is 4.39 Å². The molecule has 106 valence electrons. The van der Waals surface area contributed by atoms with Crippen molar-refractivity contribution in [2.75, 3.05) is 0 Å². The number of hydrazine groups is 1. The van der Waals surface area contributed by atoms with Crippen LogP contribution in [-0.2, 0) is 0 Å². The standard InChI is InChI=1S/C16H13ClFN3/c17-14-6-2-5-13(15(14)18)16(21-19)12-4-1-3-10-9-20-8-7-11(10)12/h1-9,16,21H,19H2. The molecule has 0 radical (unpaired) electrons. The maximum atomic E-state index is 14.3. The normalized spacial score (nSPS) is 12.5. The molecule has 0 aliphatic carbocycles. The summed E-state index contributed by atoms with van der Waals surface area (Å²) in [6.45, 7) is 0. The number of aromatic nitrogens is 1. The molecule has 0 bridgehead atoms. The molecule has 1 atom stereocenters. The molecule has 3 aromatic rings. The molecule has 0 fully saturated rings. The first kappa shape index (κ1) is 13.9. The summed E-state index contributed by atoms with van der Waals surface area (Å²) in [6, 6.07) is 12.0. The minimum absolute atomic E-state index is 0.0784. The van der Waals surface area contributed by atoms with Gasteiger partial charge < -0.3 is 0 Å². The Balaban J connectivity index is 2.21. The summed E-state index contributed by atoms with van der Waals surface area (Å²) in [5.74, 6) is 5.21. The lowest BCUT2D eigenvalue weighted by atomic mass is 9.94. The summed E-state index contributed by atoms with van der Waals surface area (Å²) in [7, 11) is 0. The summed E-state index contributed by atoms with van der Waals surface area (Å²) in [4.78, 5) is 4.10. The van der Waals surface area contributed by atoms with Crippen LogP contribution in [0.25, 0.3) is 10.8 Å².